The van der Waals surface area contributed by atoms with Gasteiger partial charge in [0.1, 0.15) is 0 Å². The Labute approximate surface area is 90.0 Å². The lowest BCUT2D eigenvalue weighted by atomic mass is 9.84. The smallest absolute Gasteiger partial charge is 0.328 e. The number of hydrogen-bond donors (Lipinski definition) is 2. The Bertz CT molecular complexity index is 257. The van der Waals surface area contributed by atoms with E-state index in [2.05, 4.69) is 10.2 Å². The van der Waals surface area contributed by atoms with E-state index in [-0.39, 0.29) is 0 Å². The number of carboxylic acids is 1. The van der Waals surface area contributed by atoms with Gasteiger partial charge in [-0.15, -0.1) is 0 Å². The van der Waals surface area contributed by atoms with Gasteiger partial charge in [0.25, 0.3) is 0 Å². The third-order valence-electron chi connectivity index (χ3n) is 3.41. The number of aliphatic carboxylic acids is 1. The standard InChI is InChI=1S/C11H18N2O2/c14-11(15)2-1-5-12-10-8-13-6-3-9(10)4-7-13/h1-2,9-10,12H,3-8H2,(H,14,15)/b2-1+. The number of carboxylic acid groups (broad SMARTS) is 1. The monoisotopic (exact) mass is 210 g/mol. The average Bonchev–Trinajstić information content (AvgIpc) is 2.26. The minimum Gasteiger partial charge on any atom is -0.478 e. The Balaban J connectivity index is 1.73. The summed E-state index contributed by atoms with van der Waals surface area (Å²) in [6.07, 6.45) is 5.47. The molecule has 4 heteroatoms. The third kappa shape index (κ3) is 2.79. The fourth-order valence-corrected chi connectivity index (χ4v) is 2.58. The molecule has 0 spiro atoms. The molecule has 1 atom stereocenters. The summed E-state index contributed by atoms with van der Waals surface area (Å²) in [5.74, 6) is -0.0704. The van der Waals surface area contributed by atoms with Crippen molar-refractivity contribution in [2.75, 3.05) is 26.2 Å². The molecule has 0 saturated carbocycles. The zero-order chi connectivity index (χ0) is 10.7. The highest BCUT2D eigenvalue weighted by Gasteiger charge is 2.33. The summed E-state index contributed by atoms with van der Waals surface area (Å²) in [5.41, 5.74) is 0. The maximum atomic E-state index is 10.3. The van der Waals surface area contributed by atoms with Crippen LogP contribution in [0, 0.1) is 5.92 Å². The highest BCUT2D eigenvalue weighted by Crippen LogP contribution is 2.27. The van der Waals surface area contributed by atoms with E-state index in [1.165, 1.54) is 32.0 Å². The van der Waals surface area contributed by atoms with Crippen molar-refractivity contribution in [3.05, 3.63) is 12.2 Å². The lowest BCUT2D eigenvalue weighted by Gasteiger charge is -2.45. The second-order valence-corrected chi connectivity index (χ2v) is 4.39. The van der Waals surface area contributed by atoms with Crippen LogP contribution in [0.4, 0.5) is 0 Å². The molecule has 0 amide bonds. The van der Waals surface area contributed by atoms with Crippen LogP contribution in [0.5, 0.6) is 0 Å². The van der Waals surface area contributed by atoms with Crippen molar-refractivity contribution in [1.29, 1.82) is 0 Å². The molecule has 4 nitrogen and oxygen atoms in total. The summed E-state index contributed by atoms with van der Waals surface area (Å²) in [6.45, 7) is 4.29. The summed E-state index contributed by atoms with van der Waals surface area (Å²) in [4.78, 5) is 12.7. The molecule has 0 aliphatic carbocycles. The topological polar surface area (TPSA) is 52.6 Å². The number of piperidine rings is 3. The van der Waals surface area contributed by atoms with Gasteiger partial charge in [-0.1, -0.05) is 6.08 Å². The maximum Gasteiger partial charge on any atom is 0.328 e. The SMILES string of the molecule is O=C(O)/C=C/CNC1CN2CCC1CC2. The first kappa shape index (κ1) is 10.6. The van der Waals surface area contributed by atoms with Crippen molar-refractivity contribution in [3.63, 3.8) is 0 Å². The Kier molecular flexibility index (Phi) is 3.38. The normalized spacial score (nSPS) is 34.8. The van der Waals surface area contributed by atoms with Gasteiger partial charge in [-0.3, -0.25) is 0 Å². The molecule has 3 rings (SSSR count). The molecule has 15 heavy (non-hydrogen) atoms. The number of hydrogen-bond acceptors (Lipinski definition) is 3. The molecule has 2 bridgehead atoms. The van der Waals surface area contributed by atoms with E-state index in [4.69, 9.17) is 5.11 Å². The average molecular weight is 210 g/mol. The van der Waals surface area contributed by atoms with Crippen molar-refractivity contribution in [2.24, 2.45) is 5.92 Å². The van der Waals surface area contributed by atoms with Gasteiger partial charge in [0.05, 0.1) is 0 Å². The van der Waals surface area contributed by atoms with Gasteiger partial charge >= 0.3 is 5.97 Å². The second kappa shape index (κ2) is 4.77. The predicted octanol–water partition coefficient (Wildman–Crippen LogP) is 0.311. The molecule has 2 N–H and O–H groups in total. The van der Waals surface area contributed by atoms with Crippen LogP contribution in [-0.4, -0.2) is 48.2 Å². The van der Waals surface area contributed by atoms with Crippen LogP contribution >= 0.6 is 0 Å². The Hall–Kier alpha value is -0.870. The highest BCUT2D eigenvalue weighted by atomic mass is 16.4. The first-order chi connectivity index (χ1) is 7.25. The molecule has 3 aliphatic rings. The lowest BCUT2D eigenvalue weighted by Crippen LogP contribution is -2.56. The van der Waals surface area contributed by atoms with Crippen molar-refractivity contribution in [2.45, 2.75) is 18.9 Å². The first-order valence-electron chi connectivity index (χ1n) is 5.61. The quantitative estimate of drug-likeness (QED) is 0.656. The minimum absolute atomic E-state index is 0.561. The molecular weight excluding hydrogens is 192 g/mol. The molecule has 3 heterocycles. The number of fused-ring (bicyclic) bond motifs is 3. The molecule has 0 aromatic rings. The van der Waals surface area contributed by atoms with Crippen LogP contribution in [0.3, 0.4) is 0 Å². The fourth-order valence-electron chi connectivity index (χ4n) is 2.58. The Morgan fingerprint density at radius 2 is 2.20 bits per heavy atom. The summed E-state index contributed by atoms with van der Waals surface area (Å²) in [6, 6.07) is 0.561. The van der Waals surface area contributed by atoms with E-state index < -0.39 is 5.97 Å². The molecule has 0 aromatic carbocycles. The van der Waals surface area contributed by atoms with Gasteiger partial charge in [0, 0.05) is 25.2 Å². The molecule has 84 valence electrons. The van der Waals surface area contributed by atoms with E-state index in [1.54, 1.807) is 6.08 Å². The van der Waals surface area contributed by atoms with Crippen LogP contribution in [-0.2, 0) is 4.79 Å². The van der Waals surface area contributed by atoms with Gasteiger partial charge < -0.3 is 15.3 Å². The van der Waals surface area contributed by atoms with E-state index in [1.807, 2.05) is 0 Å². The van der Waals surface area contributed by atoms with Crippen LogP contribution < -0.4 is 5.32 Å². The van der Waals surface area contributed by atoms with Crippen LogP contribution in [0.25, 0.3) is 0 Å². The van der Waals surface area contributed by atoms with Gasteiger partial charge in [-0.05, 0) is 31.8 Å². The second-order valence-electron chi connectivity index (χ2n) is 4.39. The van der Waals surface area contributed by atoms with Crippen LogP contribution in [0.15, 0.2) is 12.2 Å². The van der Waals surface area contributed by atoms with Gasteiger partial charge in [-0.25, -0.2) is 4.79 Å². The van der Waals surface area contributed by atoms with E-state index in [9.17, 15) is 4.79 Å². The minimum atomic E-state index is -0.870. The lowest BCUT2D eigenvalue weighted by molar-refractivity contribution is -0.131. The van der Waals surface area contributed by atoms with E-state index >= 15 is 0 Å². The Morgan fingerprint density at radius 1 is 1.47 bits per heavy atom. The number of nitrogens with one attached hydrogen (secondary N) is 1. The largest absolute Gasteiger partial charge is 0.478 e. The molecular formula is C11H18N2O2. The van der Waals surface area contributed by atoms with Gasteiger partial charge in [0.15, 0.2) is 0 Å². The summed E-state index contributed by atoms with van der Waals surface area (Å²) in [7, 11) is 0. The van der Waals surface area contributed by atoms with E-state index in [0.717, 1.165) is 12.5 Å². The number of nitrogens with zero attached hydrogens (tertiary/aromatic N) is 1. The van der Waals surface area contributed by atoms with E-state index in [0.29, 0.717) is 12.6 Å². The van der Waals surface area contributed by atoms with Crippen LogP contribution in [0.2, 0.25) is 0 Å². The number of carbonyl (C=O) groups is 1. The third-order valence-corrected chi connectivity index (χ3v) is 3.41. The molecule has 1 unspecified atom stereocenters. The van der Waals surface area contributed by atoms with Gasteiger partial charge in [-0.2, -0.15) is 0 Å². The zero-order valence-corrected chi connectivity index (χ0v) is 8.85. The highest BCUT2D eigenvalue weighted by molar-refractivity contribution is 5.79. The van der Waals surface area contributed by atoms with Crippen LogP contribution in [0.1, 0.15) is 12.8 Å². The Morgan fingerprint density at radius 3 is 2.73 bits per heavy atom. The van der Waals surface area contributed by atoms with Gasteiger partial charge in [0.2, 0.25) is 0 Å². The summed E-state index contributed by atoms with van der Waals surface area (Å²) >= 11 is 0. The van der Waals surface area contributed by atoms with Crippen molar-refractivity contribution >= 4 is 5.97 Å². The summed E-state index contributed by atoms with van der Waals surface area (Å²) < 4.78 is 0. The zero-order valence-electron chi connectivity index (χ0n) is 8.85. The van der Waals surface area contributed by atoms with Crippen molar-refractivity contribution in [1.82, 2.24) is 10.2 Å². The molecule has 3 aliphatic heterocycles. The number of rotatable bonds is 4. The molecule has 3 fully saturated rings. The first-order valence-corrected chi connectivity index (χ1v) is 5.61. The van der Waals surface area contributed by atoms with Crippen molar-refractivity contribution in [3.8, 4) is 0 Å². The van der Waals surface area contributed by atoms with Crippen molar-refractivity contribution < 1.29 is 9.90 Å². The molecule has 0 radical (unpaired) electrons. The fraction of sp³-hybridized carbons (Fsp3) is 0.727. The molecule has 3 saturated heterocycles. The molecule has 0 aromatic heterocycles. The predicted molar refractivity (Wildman–Crippen MR) is 57.7 cm³/mol. The summed E-state index contributed by atoms with van der Waals surface area (Å²) in [5, 5.41) is 11.8. The maximum absolute atomic E-state index is 10.3.